The van der Waals surface area contributed by atoms with Gasteiger partial charge in [0, 0.05) is 5.56 Å². The van der Waals surface area contributed by atoms with Gasteiger partial charge in [0.15, 0.2) is 0 Å². The zero-order chi connectivity index (χ0) is 20.8. The SMILES string of the molecule is N#Cc1ccccc1-c1ccc(-c2ccccc2CN=C(N)c2ccccc2)cc1. The zero-order valence-corrected chi connectivity index (χ0v) is 16.5. The number of hydrogen-bond acceptors (Lipinski definition) is 2. The standard InChI is InChI=1S/C27H21N3/c28-18-23-10-4-6-12-25(23)20-14-16-21(17-15-20)26-13-7-5-11-24(26)19-30-27(29)22-8-2-1-3-9-22/h1-17H,19H2,(H2,29,30). The van der Waals surface area contributed by atoms with E-state index in [2.05, 4.69) is 47.5 Å². The van der Waals surface area contributed by atoms with Gasteiger partial charge in [-0.1, -0.05) is 97.1 Å². The predicted molar refractivity (Wildman–Crippen MR) is 123 cm³/mol. The van der Waals surface area contributed by atoms with Crippen LogP contribution >= 0.6 is 0 Å². The fourth-order valence-electron chi connectivity index (χ4n) is 3.47. The number of nitriles is 1. The Balaban J connectivity index is 1.62. The van der Waals surface area contributed by atoms with Crippen LogP contribution in [0.1, 0.15) is 16.7 Å². The van der Waals surface area contributed by atoms with Gasteiger partial charge in [0.25, 0.3) is 0 Å². The largest absolute Gasteiger partial charge is 0.383 e. The molecular weight excluding hydrogens is 366 g/mol. The molecule has 0 saturated heterocycles. The van der Waals surface area contributed by atoms with Gasteiger partial charge in [-0.15, -0.1) is 0 Å². The molecule has 0 spiro atoms. The lowest BCUT2D eigenvalue weighted by Gasteiger charge is -2.10. The van der Waals surface area contributed by atoms with Crippen LogP contribution in [0, 0.1) is 11.3 Å². The van der Waals surface area contributed by atoms with Crippen molar-refractivity contribution in [3.8, 4) is 28.3 Å². The van der Waals surface area contributed by atoms with Crippen LogP contribution in [0.3, 0.4) is 0 Å². The van der Waals surface area contributed by atoms with Gasteiger partial charge >= 0.3 is 0 Å². The molecule has 0 saturated carbocycles. The van der Waals surface area contributed by atoms with E-state index >= 15 is 0 Å². The molecule has 3 nitrogen and oxygen atoms in total. The minimum absolute atomic E-state index is 0.510. The van der Waals surface area contributed by atoms with Crippen molar-refractivity contribution in [2.24, 2.45) is 10.7 Å². The van der Waals surface area contributed by atoms with Crippen molar-refractivity contribution in [2.75, 3.05) is 0 Å². The number of hydrogen-bond donors (Lipinski definition) is 1. The lowest BCUT2D eigenvalue weighted by molar-refractivity contribution is 1.06. The molecular formula is C27H21N3. The maximum Gasteiger partial charge on any atom is 0.125 e. The first-order chi connectivity index (χ1) is 14.8. The number of aliphatic imine (C=N–C) groups is 1. The molecule has 0 aliphatic carbocycles. The molecule has 4 aromatic carbocycles. The quantitative estimate of drug-likeness (QED) is 0.347. The van der Waals surface area contributed by atoms with Crippen LogP contribution in [-0.2, 0) is 6.54 Å². The van der Waals surface area contributed by atoms with Crippen molar-refractivity contribution in [3.05, 3.63) is 120 Å². The summed E-state index contributed by atoms with van der Waals surface area (Å²) in [7, 11) is 0. The molecule has 0 fully saturated rings. The van der Waals surface area contributed by atoms with Crippen molar-refractivity contribution >= 4 is 5.84 Å². The average molecular weight is 387 g/mol. The monoisotopic (exact) mass is 387 g/mol. The molecule has 30 heavy (non-hydrogen) atoms. The maximum atomic E-state index is 9.36. The Morgan fingerprint density at radius 3 is 1.97 bits per heavy atom. The first-order valence-electron chi connectivity index (χ1n) is 9.79. The zero-order valence-electron chi connectivity index (χ0n) is 16.5. The summed E-state index contributed by atoms with van der Waals surface area (Å²) in [5.41, 5.74) is 13.1. The van der Waals surface area contributed by atoms with E-state index < -0.39 is 0 Å². The molecule has 4 rings (SSSR count). The Labute approximate surface area is 176 Å². The lowest BCUT2D eigenvalue weighted by Crippen LogP contribution is -2.13. The summed E-state index contributed by atoms with van der Waals surface area (Å²) in [4.78, 5) is 4.60. The molecule has 0 heterocycles. The van der Waals surface area contributed by atoms with Crippen LogP contribution in [0.15, 0.2) is 108 Å². The highest BCUT2D eigenvalue weighted by Crippen LogP contribution is 2.29. The molecule has 3 heteroatoms. The number of nitrogens with zero attached hydrogens (tertiary/aromatic N) is 2. The molecule has 0 amide bonds. The van der Waals surface area contributed by atoms with E-state index in [9.17, 15) is 5.26 Å². The van der Waals surface area contributed by atoms with Gasteiger partial charge in [0.05, 0.1) is 18.2 Å². The Kier molecular flexibility index (Phi) is 5.68. The van der Waals surface area contributed by atoms with Gasteiger partial charge in [-0.3, -0.25) is 4.99 Å². The van der Waals surface area contributed by atoms with E-state index in [1.807, 2.05) is 66.7 Å². The lowest BCUT2D eigenvalue weighted by atomic mass is 9.95. The van der Waals surface area contributed by atoms with Gasteiger partial charge in [0.1, 0.15) is 5.84 Å². The first kappa shape index (κ1) is 19.2. The van der Waals surface area contributed by atoms with Gasteiger partial charge in [-0.25, -0.2) is 0 Å². The summed E-state index contributed by atoms with van der Waals surface area (Å²) in [6, 6.07) is 36.2. The van der Waals surface area contributed by atoms with E-state index in [0.717, 1.165) is 33.4 Å². The molecule has 0 aliphatic rings. The fraction of sp³-hybridized carbons (Fsp3) is 0.0370. The van der Waals surface area contributed by atoms with Gasteiger partial charge in [-0.05, 0) is 33.9 Å². The molecule has 0 radical (unpaired) electrons. The summed E-state index contributed by atoms with van der Waals surface area (Å²) in [5, 5.41) is 9.36. The topological polar surface area (TPSA) is 62.2 Å². The van der Waals surface area contributed by atoms with Crippen molar-refractivity contribution < 1.29 is 0 Å². The normalized spacial score (nSPS) is 11.1. The maximum absolute atomic E-state index is 9.36. The molecule has 4 aromatic rings. The van der Waals surface area contributed by atoms with Crippen LogP contribution in [0.4, 0.5) is 0 Å². The number of nitrogens with two attached hydrogens (primary N) is 1. The Morgan fingerprint density at radius 2 is 1.27 bits per heavy atom. The Hall–Kier alpha value is -4.16. The van der Waals surface area contributed by atoms with Crippen molar-refractivity contribution in [3.63, 3.8) is 0 Å². The number of benzene rings is 4. The van der Waals surface area contributed by atoms with Crippen LogP contribution in [0.5, 0.6) is 0 Å². The van der Waals surface area contributed by atoms with Gasteiger partial charge in [-0.2, -0.15) is 5.26 Å². The van der Waals surface area contributed by atoms with Crippen molar-refractivity contribution in [1.29, 1.82) is 5.26 Å². The van der Waals surface area contributed by atoms with E-state index in [1.165, 1.54) is 0 Å². The van der Waals surface area contributed by atoms with Crippen LogP contribution < -0.4 is 5.73 Å². The molecule has 0 bridgehead atoms. The summed E-state index contributed by atoms with van der Waals surface area (Å²) < 4.78 is 0. The van der Waals surface area contributed by atoms with E-state index in [0.29, 0.717) is 17.9 Å². The molecule has 2 N–H and O–H groups in total. The fourth-order valence-corrected chi connectivity index (χ4v) is 3.47. The second kappa shape index (κ2) is 8.89. The first-order valence-corrected chi connectivity index (χ1v) is 9.79. The predicted octanol–water partition coefficient (Wildman–Crippen LogP) is 5.80. The summed E-state index contributed by atoms with van der Waals surface area (Å²) >= 11 is 0. The minimum Gasteiger partial charge on any atom is -0.383 e. The number of amidine groups is 1. The highest BCUT2D eigenvalue weighted by Gasteiger charge is 2.08. The van der Waals surface area contributed by atoms with Crippen molar-refractivity contribution in [2.45, 2.75) is 6.54 Å². The molecule has 0 atom stereocenters. The third-order valence-corrected chi connectivity index (χ3v) is 5.06. The number of rotatable bonds is 5. The second-order valence-corrected chi connectivity index (χ2v) is 6.96. The van der Waals surface area contributed by atoms with Crippen LogP contribution in [-0.4, -0.2) is 5.84 Å². The molecule has 0 aromatic heterocycles. The summed E-state index contributed by atoms with van der Waals surface area (Å²) in [6.07, 6.45) is 0. The van der Waals surface area contributed by atoms with Crippen LogP contribution in [0.2, 0.25) is 0 Å². The molecule has 0 aliphatic heterocycles. The van der Waals surface area contributed by atoms with E-state index in [4.69, 9.17) is 5.73 Å². The van der Waals surface area contributed by atoms with Gasteiger partial charge < -0.3 is 5.73 Å². The van der Waals surface area contributed by atoms with E-state index in [-0.39, 0.29) is 0 Å². The molecule has 144 valence electrons. The third-order valence-electron chi connectivity index (χ3n) is 5.06. The van der Waals surface area contributed by atoms with Gasteiger partial charge in [0.2, 0.25) is 0 Å². The summed E-state index contributed by atoms with van der Waals surface area (Å²) in [5.74, 6) is 0.536. The van der Waals surface area contributed by atoms with E-state index in [1.54, 1.807) is 0 Å². The van der Waals surface area contributed by atoms with Crippen molar-refractivity contribution in [1.82, 2.24) is 0 Å². The Bertz CT molecular complexity index is 1220. The molecule has 0 unspecified atom stereocenters. The van der Waals surface area contributed by atoms with Crippen LogP contribution in [0.25, 0.3) is 22.3 Å². The highest BCUT2D eigenvalue weighted by molar-refractivity contribution is 5.97. The second-order valence-electron chi connectivity index (χ2n) is 6.96. The highest BCUT2D eigenvalue weighted by atomic mass is 14.8. The smallest absolute Gasteiger partial charge is 0.125 e. The summed E-state index contributed by atoms with van der Waals surface area (Å²) in [6.45, 7) is 0.510. The minimum atomic E-state index is 0.510. The average Bonchev–Trinajstić information content (AvgIpc) is 2.83. The third kappa shape index (κ3) is 4.14. The Morgan fingerprint density at radius 1 is 0.700 bits per heavy atom.